The van der Waals surface area contributed by atoms with Gasteiger partial charge in [0.05, 0.1) is 5.75 Å². The molecule has 0 fully saturated rings. The number of carbonyl (C=O) groups is 1. The fourth-order valence-electron chi connectivity index (χ4n) is 1.06. The summed E-state index contributed by atoms with van der Waals surface area (Å²) in [5, 5.41) is 0. The molecule has 88 valence electrons. The van der Waals surface area contributed by atoms with Gasteiger partial charge < -0.3 is 0 Å². The first kappa shape index (κ1) is 12.6. The van der Waals surface area contributed by atoms with E-state index >= 15 is 0 Å². The third-order valence-electron chi connectivity index (χ3n) is 1.65. The van der Waals surface area contributed by atoms with Gasteiger partial charge in [0, 0.05) is 5.56 Å². The van der Waals surface area contributed by atoms with Crippen molar-refractivity contribution in [3.8, 4) is 0 Å². The average Bonchev–Trinajstić information content (AvgIpc) is 2.15. The van der Waals surface area contributed by atoms with Crippen LogP contribution in [0.2, 0.25) is 0 Å². The Balaban J connectivity index is 3.43. The molecule has 16 heavy (non-hydrogen) atoms. The average molecular weight is 254 g/mol. The molecular formula is C7H5F3N2O3S. The summed E-state index contributed by atoms with van der Waals surface area (Å²) in [6.07, 6.45) is -4.19. The number of nitrogens with zero attached hydrogens (tertiary/aromatic N) is 2. The van der Waals surface area contributed by atoms with E-state index in [1.54, 1.807) is 0 Å². The Hall–Kier alpha value is -1.51. The van der Waals surface area contributed by atoms with E-state index in [1.807, 2.05) is 0 Å². The lowest BCUT2D eigenvalue weighted by Crippen LogP contribution is -2.15. The van der Waals surface area contributed by atoms with Crippen LogP contribution in [0, 0.1) is 0 Å². The molecule has 0 unspecified atom stereocenters. The van der Waals surface area contributed by atoms with Crippen molar-refractivity contribution in [1.29, 1.82) is 0 Å². The van der Waals surface area contributed by atoms with Crippen molar-refractivity contribution < 1.29 is 26.4 Å². The van der Waals surface area contributed by atoms with Crippen LogP contribution in [0.5, 0.6) is 0 Å². The first-order valence-electron chi connectivity index (χ1n) is 3.84. The Morgan fingerprint density at radius 1 is 1.31 bits per heavy atom. The molecule has 0 amide bonds. The third kappa shape index (κ3) is 2.75. The van der Waals surface area contributed by atoms with Gasteiger partial charge in [-0.25, -0.2) is 18.4 Å². The van der Waals surface area contributed by atoms with Gasteiger partial charge in [-0.15, -0.1) is 0 Å². The topological polar surface area (TPSA) is 77.0 Å². The fraction of sp³-hybridized carbons (Fsp3) is 0.286. The summed E-state index contributed by atoms with van der Waals surface area (Å²) in [4.78, 5) is 16.7. The minimum Gasteiger partial charge on any atom is -0.296 e. The molecule has 0 N–H and O–H groups in total. The summed E-state index contributed by atoms with van der Waals surface area (Å²) in [5.74, 6) is -0.918. The first-order valence-corrected chi connectivity index (χ1v) is 5.20. The second-order valence-corrected chi connectivity index (χ2v) is 3.67. The molecule has 0 aliphatic rings. The highest BCUT2D eigenvalue weighted by atomic mass is 32.2. The van der Waals surface area contributed by atoms with Crippen molar-refractivity contribution in [1.82, 2.24) is 9.97 Å². The van der Waals surface area contributed by atoms with Crippen LogP contribution in [0.15, 0.2) is 6.33 Å². The van der Waals surface area contributed by atoms with Crippen LogP contribution in [0.3, 0.4) is 0 Å². The molecule has 1 aromatic heterocycles. The van der Waals surface area contributed by atoms with Gasteiger partial charge in [-0.3, -0.25) is 4.79 Å². The smallest absolute Gasteiger partial charge is 0.296 e. The maximum Gasteiger partial charge on any atom is 0.433 e. The Morgan fingerprint density at radius 2 is 1.94 bits per heavy atom. The van der Waals surface area contributed by atoms with Crippen LogP contribution in [0.1, 0.15) is 21.7 Å². The van der Waals surface area contributed by atoms with E-state index < -0.39 is 39.6 Å². The molecule has 0 saturated heterocycles. The second-order valence-electron chi connectivity index (χ2n) is 2.69. The maximum atomic E-state index is 12.4. The molecule has 1 aromatic rings. The van der Waals surface area contributed by atoms with E-state index in [-0.39, 0.29) is 6.29 Å². The maximum absolute atomic E-state index is 12.4. The van der Waals surface area contributed by atoms with Crippen molar-refractivity contribution in [2.24, 2.45) is 0 Å². The van der Waals surface area contributed by atoms with Gasteiger partial charge in [0.2, 0.25) is 0 Å². The standard InChI is InChI=1S/C7H5F3N2O3S/c8-7(9,10)6-4(2-16(14)15)5(1-13)11-3-12-6/h1,3,16H,2H2. The molecule has 0 radical (unpaired) electrons. The van der Waals surface area contributed by atoms with E-state index in [0.29, 0.717) is 6.33 Å². The highest BCUT2D eigenvalue weighted by Gasteiger charge is 2.36. The Kier molecular flexibility index (Phi) is 3.58. The predicted octanol–water partition coefficient (Wildman–Crippen LogP) is 0.419. The number of hydrogen-bond donors (Lipinski definition) is 1. The molecule has 0 spiro atoms. The largest absolute Gasteiger partial charge is 0.433 e. The Morgan fingerprint density at radius 3 is 2.38 bits per heavy atom. The molecule has 0 aliphatic carbocycles. The van der Waals surface area contributed by atoms with E-state index in [9.17, 15) is 26.4 Å². The Labute approximate surface area is 89.3 Å². The van der Waals surface area contributed by atoms with Crippen molar-refractivity contribution in [3.63, 3.8) is 0 Å². The van der Waals surface area contributed by atoms with Crippen LogP contribution in [-0.2, 0) is 22.6 Å². The zero-order valence-corrected chi connectivity index (χ0v) is 8.46. The number of aromatic nitrogens is 2. The highest BCUT2D eigenvalue weighted by Crippen LogP contribution is 2.30. The lowest BCUT2D eigenvalue weighted by Gasteiger charge is -2.10. The van der Waals surface area contributed by atoms with Crippen molar-refractivity contribution in [2.75, 3.05) is 0 Å². The van der Waals surface area contributed by atoms with Crippen molar-refractivity contribution in [3.05, 3.63) is 23.3 Å². The van der Waals surface area contributed by atoms with Gasteiger partial charge in [0.1, 0.15) is 22.7 Å². The third-order valence-corrected chi connectivity index (χ3v) is 2.22. The van der Waals surface area contributed by atoms with E-state index in [0.717, 1.165) is 0 Å². The molecule has 0 saturated carbocycles. The van der Waals surface area contributed by atoms with Gasteiger partial charge >= 0.3 is 6.18 Å². The number of thiol groups is 1. The van der Waals surface area contributed by atoms with Crippen LogP contribution >= 0.6 is 0 Å². The molecule has 1 heterocycles. The van der Waals surface area contributed by atoms with Gasteiger partial charge in [-0.2, -0.15) is 13.2 Å². The number of carbonyl (C=O) groups excluding carboxylic acids is 1. The molecule has 1 rings (SSSR count). The lowest BCUT2D eigenvalue weighted by molar-refractivity contribution is -0.141. The minimum atomic E-state index is -4.82. The molecule has 0 bridgehead atoms. The minimum absolute atomic E-state index is 0.0606. The number of halogens is 3. The van der Waals surface area contributed by atoms with Gasteiger partial charge in [0.15, 0.2) is 12.0 Å². The normalized spacial score (nSPS) is 11.8. The molecule has 0 aromatic carbocycles. The second kappa shape index (κ2) is 4.56. The van der Waals surface area contributed by atoms with Crippen LogP contribution in [0.4, 0.5) is 13.2 Å². The summed E-state index contributed by atoms with van der Waals surface area (Å²) in [6, 6.07) is 0. The summed E-state index contributed by atoms with van der Waals surface area (Å²) in [5.41, 5.74) is -2.69. The molecule has 0 aliphatic heterocycles. The first-order chi connectivity index (χ1) is 7.36. The zero-order valence-electron chi connectivity index (χ0n) is 7.56. The Bertz CT molecular complexity index is 476. The van der Waals surface area contributed by atoms with Crippen molar-refractivity contribution >= 4 is 17.0 Å². The number of rotatable bonds is 3. The van der Waals surface area contributed by atoms with Crippen molar-refractivity contribution in [2.45, 2.75) is 11.9 Å². The summed E-state index contributed by atoms with van der Waals surface area (Å²) in [7, 11) is -3.10. The van der Waals surface area contributed by atoms with Crippen LogP contribution in [-0.4, -0.2) is 24.7 Å². The summed E-state index contributed by atoms with van der Waals surface area (Å²) in [6.45, 7) is 0. The van der Waals surface area contributed by atoms with E-state index in [4.69, 9.17) is 0 Å². The van der Waals surface area contributed by atoms with E-state index in [2.05, 4.69) is 9.97 Å². The lowest BCUT2D eigenvalue weighted by atomic mass is 10.2. The van der Waals surface area contributed by atoms with Gasteiger partial charge in [-0.05, 0) is 0 Å². The number of aldehydes is 1. The van der Waals surface area contributed by atoms with Gasteiger partial charge in [-0.1, -0.05) is 0 Å². The van der Waals surface area contributed by atoms with Gasteiger partial charge in [0.25, 0.3) is 0 Å². The summed E-state index contributed by atoms with van der Waals surface area (Å²) < 4.78 is 58.1. The SMILES string of the molecule is O=Cc1ncnc(C(F)(F)F)c1C[SH](=O)=O. The monoisotopic (exact) mass is 254 g/mol. The molecule has 9 heteroatoms. The number of alkyl halides is 3. The highest BCUT2D eigenvalue weighted by molar-refractivity contribution is 7.71. The number of hydrogen-bond acceptors (Lipinski definition) is 5. The molecular weight excluding hydrogens is 249 g/mol. The summed E-state index contributed by atoms with van der Waals surface area (Å²) >= 11 is 0. The molecule has 5 nitrogen and oxygen atoms in total. The van der Waals surface area contributed by atoms with E-state index in [1.165, 1.54) is 0 Å². The predicted molar refractivity (Wildman–Crippen MR) is 46.4 cm³/mol. The molecule has 0 atom stereocenters. The zero-order chi connectivity index (χ0) is 12.3. The van der Waals surface area contributed by atoms with Crippen LogP contribution < -0.4 is 0 Å². The quantitative estimate of drug-likeness (QED) is 0.624. The van der Waals surface area contributed by atoms with Crippen LogP contribution in [0.25, 0.3) is 0 Å². The fourth-order valence-corrected chi connectivity index (χ4v) is 1.63.